The molecule has 0 radical (unpaired) electrons. The van der Waals surface area contributed by atoms with Gasteiger partial charge in [-0.1, -0.05) is 100 Å². The number of Topliss-reactive ketones (excluding diaryl/α,β-unsaturated/α-hetero) is 3. The molecule has 4 rings (SSSR count). The summed E-state index contributed by atoms with van der Waals surface area (Å²) < 4.78 is 45.0. The zero-order valence-electron chi connectivity index (χ0n) is 52.7. The summed E-state index contributed by atoms with van der Waals surface area (Å²) in [7, 11) is 0.415. The lowest BCUT2D eigenvalue weighted by molar-refractivity contribution is -0.265. The lowest BCUT2D eigenvalue weighted by atomic mass is 9.78. The van der Waals surface area contributed by atoms with Crippen LogP contribution in [0.3, 0.4) is 0 Å². The van der Waals surface area contributed by atoms with Crippen LogP contribution in [-0.4, -0.2) is 161 Å². The van der Waals surface area contributed by atoms with Gasteiger partial charge in [0.15, 0.2) is 22.4 Å². The van der Waals surface area contributed by atoms with Crippen LogP contribution in [0.2, 0.25) is 36.3 Å². The Morgan fingerprint density at radius 2 is 1.33 bits per heavy atom. The summed E-state index contributed by atoms with van der Waals surface area (Å²) in [6.07, 6.45) is 5.47. The lowest BCUT2D eigenvalue weighted by Gasteiger charge is -2.43. The smallest absolute Gasteiger partial charge is 0.329 e. The molecule has 0 aromatic carbocycles. The Balaban J connectivity index is 1.81. The molecule has 464 valence electrons. The van der Waals surface area contributed by atoms with Crippen molar-refractivity contribution in [2.75, 3.05) is 27.9 Å². The number of aliphatic hydroxyl groups is 3. The van der Waals surface area contributed by atoms with Gasteiger partial charge in [0, 0.05) is 58.5 Å². The largest absolute Gasteiger partial charge is 0.460 e. The Kier molecular flexibility index (Phi) is 28.5. The fraction of sp³-hybridized carbons (Fsp3) is 0.825. The van der Waals surface area contributed by atoms with Crippen molar-refractivity contribution in [2.24, 2.45) is 35.5 Å². The van der Waals surface area contributed by atoms with E-state index in [0.717, 1.165) is 55.5 Å². The van der Waals surface area contributed by atoms with Gasteiger partial charge in [-0.3, -0.25) is 19.2 Å². The topological polar surface area (TPSA) is 214 Å². The average Bonchev–Trinajstić information content (AvgIpc) is 3.56. The van der Waals surface area contributed by atoms with E-state index in [-0.39, 0.29) is 67.3 Å². The number of methoxy groups -OCH3 is 3. The molecule has 2 saturated heterocycles. The second-order valence-corrected chi connectivity index (χ2v) is 34.3. The molecule has 0 aromatic heterocycles. The van der Waals surface area contributed by atoms with E-state index in [1.165, 1.54) is 31.3 Å². The number of hydrogen-bond donors (Lipinski definition) is 3. The van der Waals surface area contributed by atoms with Gasteiger partial charge in [0.2, 0.25) is 5.79 Å². The molecular weight excluding hydrogens is 1070 g/mol. The first-order chi connectivity index (χ1) is 38.3. The van der Waals surface area contributed by atoms with E-state index >= 15 is 0 Å². The zero-order chi connectivity index (χ0) is 60.6. The summed E-state index contributed by atoms with van der Waals surface area (Å²) in [4.78, 5) is 74.7. The number of cyclic esters (lactones) is 1. The number of ether oxygens (including phenoxy) is 5. The monoisotopic (exact) mass is 1180 g/mol. The van der Waals surface area contributed by atoms with Crippen LogP contribution in [0.1, 0.15) is 167 Å². The number of esters is 1. The highest BCUT2D eigenvalue weighted by atomic mass is 28.4. The predicted molar refractivity (Wildman–Crippen MR) is 320 cm³/mol. The Hall–Kier alpha value is -2.76. The Bertz CT molecular complexity index is 2110. The van der Waals surface area contributed by atoms with Crippen LogP contribution >= 0.6 is 0 Å². The second kappa shape index (κ2) is 32.7. The van der Waals surface area contributed by atoms with Crippen LogP contribution in [-0.2, 0) is 56.5 Å². The quantitative estimate of drug-likeness (QED) is 0.0567. The highest BCUT2D eigenvalue weighted by molar-refractivity contribution is 6.74. The van der Waals surface area contributed by atoms with Crippen molar-refractivity contribution in [3.8, 4) is 0 Å². The van der Waals surface area contributed by atoms with E-state index in [1.54, 1.807) is 27.0 Å². The number of aliphatic hydroxyl groups excluding tert-OH is 2. The molecule has 3 fully saturated rings. The summed E-state index contributed by atoms with van der Waals surface area (Å²) in [5, 5.41) is 34.5. The van der Waals surface area contributed by atoms with Crippen LogP contribution < -0.4 is 0 Å². The number of carbonyl (C=O) groups excluding carboxylic acids is 5. The minimum atomic E-state index is -2.51. The maximum atomic E-state index is 14.9. The number of hydrogen-bond acceptors (Lipinski definition) is 15. The van der Waals surface area contributed by atoms with Crippen molar-refractivity contribution in [2.45, 2.75) is 270 Å². The molecule has 81 heavy (non-hydrogen) atoms. The van der Waals surface area contributed by atoms with Gasteiger partial charge in [-0.25, -0.2) is 4.79 Å². The summed E-state index contributed by atoms with van der Waals surface area (Å²) in [6.45, 7) is 26.0. The molecule has 2 bridgehead atoms. The highest BCUT2D eigenvalue weighted by Crippen LogP contribution is 2.40. The normalized spacial score (nSPS) is 36.9. The highest BCUT2D eigenvalue weighted by Gasteiger charge is 2.53. The average molecular weight is 1180 g/mol. The van der Waals surface area contributed by atoms with E-state index in [0.29, 0.717) is 49.7 Å². The summed E-state index contributed by atoms with van der Waals surface area (Å²) in [6, 6.07) is 4.38. The van der Waals surface area contributed by atoms with Crippen molar-refractivity contribution in [1.82, 2.24) is 4.90 Å². The third-order valence-corrected chi connectivity index (χ3v) is 28.8. The van der Waals surface area contributed by atoms with Crippen LogP contribution in [0.25, 0.3) is 0 Å². The number of allylic oxidation sites excluding steroid dienone is 2. The number of fused-ring (bicyclic) bond motifs is 3. The van der Waals surface area contributed by atoms with Crippen molar-refractivity contribution >= 4 is 45.9 Å². The van der Waals surface area contributed by atoms with Gasteiger partial charge in [-0.05, 0) is 143 Å². The number of carbonyl (C=O) groups is 5. The van der Waals surface area contributed by atoms with Gasteiger partial charge in [0.1, 0.15) is 36.2 Å². The third-order valence-electron chi connectivity index (χ3n) is 19.5. The third kappa shape index (κ3) is 18.4. The van der Waals surface area contributed by atoms with Crippen molar-refractivity contribution in [1.29, 1.82) is 0 Å². The van der Waals surface area contributed by atoms with Crippen LogP contribution in [0, 0.1) is 35.5 Å². The first kappa shape index (κ1) is 70.7. The zero-order valence-corrected chi connectivity index (χ0v) is 54.7. The van der Waals surface area contributed by atoms with E-state index < -0.39 is 107 Å². The number of ketones is 3. The molecule has 3 heterocycles. The number of rotatable bonds is 16. The summed E-state index contributed by atoms with van der Waals surface area (Å²) in [5.41, 5.74) is 1.26. The van der Waals surface area contributed by atoms with Gasteiger partial charge >= 0.3 is 5.97 Å². The molecule has 1 amide bonds. The molecule has 1 aliphatic carbocycles. The minimum absolute atomic E-state index is 0.00894. The molecule has 1 saturated carbocycles. The van der Waals surface area contributed by atoms with Gasteiger partial charge in [0.05, 0.1) is 30.5 Å². The predicted octanol–water partition coefficient (Wildman–Crippen LogP) is 10.4. The first-order valence-electron chi connectivity index (χ1n) is 31.2. The Morgan fingerprint density at radius 3 is 1.93 bits per heavy atom. The number of amides is 1. The van der Waals surface area contributed by atoms with E-state index in [9.17, 15) is 39.3 Å². The number of piperidine rings is 1. The second-order valence-electron chi connectivity index (χ2n) is 24.9. The molecule has 0 aromatic rings. The Labute approximate surface area is 489 Å². The summed E-state index contributed by atoms with van der Waals surface area (Å²) >= 11 is 0. The number of nitrogens with zero attached hydrogens (tertiary/aromatic N) is 1. The molecule has 3 N–H and O–H groups in total. The molecule has 3 aliphatic heterocycles. The van der Waals surface area contributed by atoms with Crippen molar-refractivity contribution < 1.29 is 71.8 Å². The fourth-order valence-corrected chi connectivity index (χ4v) is 19.0. The maximum Gasteiger partial charge on any atom is 0.329 e. The summed E-state index contributed by atoms with van der Waals surface area (Å²) in [5.74, 6) is -8.07. The van der Waals surface area contributed by atoms with Gasteiger partial charge in [0.25, 0.3) is 11.7 Å². The lowest BCUT2D eigenvalue weighted by Crippen LogP contribution is -2.61. The van der Waals surface area contributed by atoms with Gasteiger partial charge in [-0.15, -0.1) is 0 Å². The van der Waals surface area contributed by atoms with Crippen molar-refractivity contribution in [3.63, 3.8) is 0 Å². The molecule has 16 nitrogen and oxygen atoms in total. The molecule has 0 spiro atoms. The molecule has 4 aliphatic rings. The molecule has 3 unspecified atom stereocenters. The van der Waals surface area contributed by atoms with E-state index in [2.05, 4.69) is 41.5 Å². The van der Waals surface area contributed by atoms with Gasteiger partial charge < -0.3 is 52.8 Å². The first-order valence-corrected chi connectivity index (χ1v) is 36.2. The van der Waals surface area contributed by atoms with E-state index in [1.807, 2.05) is 40.7 Å². The molecular formula is C63H109NO15Si2. The minimum Gasteiger partial charge on any atom is -0.460 e. The van der Waals surface area contributed by atoms with Gasteiger partial charge in [-0.2, -0.15) is 0 Å². The van der Waals surface area contributed by atoms with Crippen LogP contribution in [0.4, 0.5) is 0 Å². The van der Waals surface area contributed by atoms with E-state index in [4.69, 9.17) is 32.5 Å². The van der Waals surface area contributed by atoms with Crippen molar-refractivity contribution in [3.05, 3.63) is 35.5 Å². The maximum absolute atomic E-state index is 14.9. The Morgan fingerprint density at radius 1 is 0.704 bits per heavy atom. The molecule has 17 atom stereocenters. The standard InChI is InChI=1S/C63H109NO15Si2/c1-17-80(18-2,19-3)78-53-31-28-47(37-56(53)74-15)35-42(9)55-39-51(66)41(8)34-45(12)58(79-81(20-4,21-5)22-6)59(75-16)57(68)44(11)33-40(7)26-30-50(65)52(67)36-43(10)54(73-14)38-48-29-27-46(13)63(72,77-48)60(69)61(70)64-32-24-23-25-49(64)62(71)76-55/h26,30,34,36,40-42,44,46-50,52-56,58-59,65,67,72H,17-25,27-29,31-33,35,37-39H2,1-16H3/b30-26+,43-36+,45-34+/t40-,41-,42-,44-,46-,47+,48+,49+,50?,52-,53-,54?,55+,56-,58-,59?,63-/m1/s1. The van der Waals surface area contributed by atoms with Crippen LogP contribution in [0.15, 0.2) is 35.5 Å². The SMILES string of the molecule is CC[Si](CC)(CC)O[C@@H]1/C(C)=C/[C@@H](C)C(=O)C[C@@H]([C@H](C)C[C@@H]2CC[C@@H](O[Si](CC)(CC)CC)[C@H](OC)C2)OC(=O)[C@@H]2CCCCN2C(=O)C(=O)[C@]2(O)O[C@@H](CC[C@H]2C)CC(OC)/C(C)=C/[C@@H](O)C(O)/C=C/[C@@H](C)C[C@@H](C)C(=O)C1OC. The fourth-order valence-electron chi connectivity index (χ4n) is 13.2. The van der Waals surface area contributed by atoms with Crippen LogP contribution in [0.5, 0.6) is 0 Å². The molecule has 18 heteroatoms.